The summed E-state index contributed by atoms with van der Waals surface area (Å²) in [6.07, 6.45) is 1.98. The highest BCUT2D eigenvalue weighted by atomic mass is 16.4. The lowest BCUT2D eigenvalue weighted by molar-refractivity contribution is 0.0696. The standard InChI is InChI=1S/C15H15N3O3/c1-10-8-13(18-9-17-10)14(19)16-7-6-11-2-4-12(5-3-11)15(20)21/h2-5,8-9H,6-7H2,1H3,(H,16,19)(H,20,21). The summed E-state index contributed by atoms with van der Waals surface area (Å²) in [7, 11) is 0. The topological polar surface area (TPSA) is 92.2 Å². The number of aryl methyl sites for hydroxylation is 1. The van der Waals surface area contributed by atoms with E-state index in [-0.39, 0.29) is 11.5 Å². The van der Waals surface area contributed by atoms with E-state index >= 15 is 0 Å². The fraction of sp³-hybridized carbons (Fsp3) is 0.200. The van der Waals surface area contributed by atoms with Crippen molar-refractivity contribution in [3.05, 3.63) is 59.2 Å². The average Bonchev–Trinajstić information content (AvgIpc) is 2.47. The van der Waals surface area contributed by atoms with Crippen molar-refractivity contribution < 1.29 is 14.7 Å². The molecule has 21 heavy (non-hydrogen) atoms. The van der Waals surface area contributed by atoms with Crippen LogP contribution in [0.2, 0.25) is 0 Å². The normalized spacial score (nSPS) is 10.1. The number of carboxylic acid groups (broad SMARTS) is 1. The number of nitrogens with one attached hydrogen (secondary N) is 1. The number of hydrogen-bond donors (Lipinski definition) is 2. The van der Waals surface area contributed by atoms with Gasteiger partial charge in [0.05, 0.1) is 5.56 Å². The van der Waals surface area contributed by atoms with Crippen LogP contribution in [0.15, 0.2) is 36.7 Å². The number of amides is 1. The van der Waals surface area contributed by atoms with Crippen LogP contribution in [0.4, 0.5) is 0 Å². The molecule has 1 heterocycles. The van der Waals surface area contributed by atoms with Crippen molar-refractivity contribution in [2.24, 2.45) is 0 Å². The SMILES string of the molecule is Cc1cc(C(=O)NCCc2ccc(C(=O)O)cc2)ncn1. The third-order valence-electron chi connectivity index (χ3n) is 2.94. The van der Waals surface area contributed by atoms with Gasteiger partial charge in [-0.05, 0) is 37.1 Å². The van der Waals surface area contributed by atoms with Crippen LogP contribution in [-0.2, 0) is 6.42 Å². The van der Waals surface area contributed by atoms with Crippen LogP contribution in [0.25, 0.3) is 0 Å². The van der Waals surface area contributed by atoms with Gasteiger partial charge in [0, 0.05) is 12.2 Å². The van der Waals surface area contributed by atoms with Crippen LogP contribution >= 0.6 is 0 Å². The predicted molar refractivity (Wildman–Crippen MR) is 76.2 cm³/mol. The van der Waals surface area contributed by atoms with Crippen molar-refractivity contribution in [1.29, 1.82) is 0 Å². The number of aromatic nitrogens is 2. The van der Waals surface area contributed by atoms with E-state index in [1.54, 1.807) is 37.3 Å². The molecule has 0 aliphatic carbocycles. The maximum Gasteiger partial charge on any atom is 0.335 e. The van der Waals surface area contributed by atoms with Crippen molar-refractivity contribution in [3.63, 3.8) is 0 Å². The van der Waals surface area contributed by atoms with E-state index < -0.39 is 5.97 Å². The zero-order valence-corrected chi connectivity index (χ0v) is 11.5. The van der Waals surface area contributed by atoms with Gasteiger partial charge in [-0.2, -0.15) is 0 Å². The van der Waals surface area contributed by atoms with Gasteiger partial charge in [-0.15, -0.1) is 0 Å². The molecule has 0 fully saturated rings. The minimum atomic E-state index is -0.950. The fourth-order valence-electron chi connectivity index (χ4n) is 1.80. The maximum atomic E-state index is 11.9. The lowest BCUT2D eigenvalue weighted by atomic mass is 10.1. The molecule has 1 aromatic heterocycles. The number of benzene rings is 1. The molecule has 0 aliphatic rings. The van der Waals surface area contributed by atoms with E-state index in [4.69, 9.17) is 5.11 Å². The van der Waals surface area contributed by atoms with E-state index in [1.807, 2.05) is 0 Å². The van der Waals surface area contributed by atoms with Crippen molar-refractivity contribution in [2.75, 3.05) is 6.54 Å². The quantitative estimate of drug-likeness (QED) is 0.867. The molecule has 1 aromatic carbocycles. The Labute approximate surface area is 121 Å². The first-order valence-corrected chi connectivity index (χ1v) is 6.45. The van der Waals surface area contributed by atoms with Crippen LogP contribution in [-0.4, -0.2) is 33.5 Å². The average molecular weight is 285 g/mol. The van der Waals surface area contributed by atoms with Crippen LogP contribution < -0.4 is 5.32 Å². The number of nitrogens with zero attached hydrogens (tertiary/aromatic N) is 2. The van der Waals surface area contributed by atoms with Gasteiger partial charge in [-0.1, -0.05) is 12.1 Å². The third-order valence-corrected chi connectivity index (χ3v) is 2.94. The summed E-state index contributed by atoms with van der Waals surface area (Å²) >= 11 is 0. The molecular weight excluding hydrogens is 270 g/mol. The highest BCUT2D eigenvalue weighted by molar-refractivity contribution is 5.92. The minimum Gasteiger partial charge on any atom is -0.478 e. The second-order valence-electron chi connectivity index (χ2n) is 4.55. The van der Waals surface area contributed by atoms with Gasteiger partial charge in [-0.3, -0.25) is 4.79 Å². The largest absolute Gasteiger partial charge is 0.478 e. The first kappa shape index (κ1) is 14.6. The Morgan fingerprint density at radius 2 is 1.90 bits per heavy atom. The van der Waals surface area contributed by atoms with Gasteiger partial charge in [-0.25, -0.2) is 14.8 Å². The Balaban J connectivity index is 1.86. The molecule has 1 amide bonds. The molecule has 0 radical (unpaired) electrons. The molecule has 6 nitrogen and oxygen atoms in total. The number of hydrogen-bond acceptors (Lipinski definition) is 4. The molecule has 0 unspecified atom stereocenters. The van der Waals surface area contributed by atoms with E-state index in [2.05, 4.69) is 15.3 Å². The molecule has 2 rings (SSSR count). The van der Waals surface area contributed by atoms with Crippen LogP contribution in [0.3, 0.4) is 0 Å². The van der Waals surface area contributed by atoms with E-state index in [1.165, 1.54) is 6.33 Å². The van der Waals surface area contributed by atoms with Crippen molar-refractivity contribution in [1.82, 2.24) is 15.3 Å². The van der Waals surface area contributed by atoms with E-state index in [9.17, 15) is 9.59 Å². The first-order chi connectivity index (χ1) is 10.1. The van der Waals surface area contributed by atoms with Gasteiger partial charge >= 0.3 is 5.97 Å². The van der Waals surface area contributed by atoms with Gasteiger partial charge in [0.1, 0.15) is 12.0 Å². The molecule has 0 saturated carbocycles. The Morgan fingerprint density at radius 3 is 2.52 bits per heavy atom. The lowest BCUT2D eigenvalue weighted by Gasteiger charge is -2.05. The maximum absolute atomic E-state index is 11.9. The van der Waals surface area contributed by atoms with Crippen molar-refractivity contribution in [3.8, 4) is 0 Å². The smallest absolute Gasteiger partial charge is 0.335 e. The molecule has 2 N–H and O–H groups in total. The molecule has 0 aliphatic heterocycles. The highest BCUT2D eigenvalue weighted by Gasteiger charge is 2.07. The summed E-state index contributed by atoms with van der Waals surface area (Å²) in [5, 5.41) is 11.6. The Bertz CT molecular complexity index is 653. The van der Waals surface area contributed by atoms with Gasteiger partial charge < -0.3 is 10.4 Å². The van der Waals surface area contributed by atoms with Crippen LogP contribution in [0.1, 0.15) is 32.1 Å². The third kappa shape index (κ3) is 4.10. The summed E-state index contributed by atoms with van der Waals surface area (Å²) in [6.45, 7) is 2.25. The van der Waals surface area contributed by atoms with Crippen LogP contribution in [0, 0.1) is 6.92 Å². The number of carboxylic acids is 1. The predicted octanol–water partition coefficient (Wildman–Crippen LogP) is 1.46. The molecule has 6 heteroatoms. The monoisotopic (exact) mass is 285 g/mol. The van der Waals surface area contributed by atoms with Gasteiger partial charge in [0.2, 0.25) is 0 Å². The summed E-state index contributed by atoms with van der Waals surface area (Å²) < 4.78 is 0. The molecule has 0 atom stereocenters. The molecule has 0 saturated heterocycles. The Hall–Kier alpha value is -2.76. The summed E-state index contributed by atoms with van der Waals surface area (Å²) in [5.74, 6) is -1.20. The molecule has 108 valence electrons. The first-order valence-electron chi connectivity index (χ1n) is 6.45. The summed E-state index contributed by atoms with van der Waals surface area (Å²) in [4.78, 5) is 30.4. The van der Waals surface area contributed by atoms with E-state index in [0.29, 0.717) is 18.7 Å². The summed E-state index contributed by atoms with van der Waals surface area (Å²) in [6, 6.07) is 8.20. The Kier molecular flexibility index (Phi) is 4.61. The molecule has 0 bridgehead atoms. The van der Waals surface area contributed by atoms with Crippen molar-refractivity contribution in [2.45, 2.75) is 13.3 Å². The van der Waals surface area contributed by atoms with Gasteiger partial charge in [0.15, 0.2) is 0 Å². The minimum absolute atomic E-state index is 0.248. The zero-order valence-electron chi connectivity index (χ0n) is 11.5. The highest BCUT2D eigenvalue weighted by Crippen LogP contribution is 2.05. The summed E-state index contributed by atoms with van der Waals surface area (Å²) in [5.41, 5.74) is 2.28. The van der Waals surface area contributed by atoms with Gasteiger partial charge in [0.25, 0.3) is 5.91 Å². The number of carbonyl (C=O) groups excluding carboxylic acids is 1. The Morgan fingerprint density at radius 1 is 1.19 bits per heavy atom. The zero-order chi connectivity index (χ0) is 15.2. The second-order valence-corrected chi connectivity index (χ2v) is 4.55. The number of aromatic carboxylic acids is 1. The number of rotatable bonds is 5. The number of carbonyl (C=O) groups is 2. The molecule has 2 aromatic rings. The fourth-order valence-corrected chi connectivity index (χ4v) is 1.80. The molecule has 0 spiro atoms. The van der Waals surface area contributed by atoms with Crippen molar-refractivity contribution >= 4 is 11.9 Å². The second kappa shape index (κ2) is 6.60. The van der Waals surface area contributed by atoms with Crippen LogP contribution in [0.5, 0.6) is 0 Å². The molecular formula is C15H15N3O3. The lowest BCUT2D eigenvalue weighted by Crippen LogP contribution is -2.26. The van der Waals surface area contributed by atoms with E-state index in [0.717, 1.165) is 11.3 Å².